The van der Waals surface area contributed by atoms with Gasteiger partial charge in [-0.15, -0.1) is 11.8 Å². The Labute approximate surface area is 135 Å². The van der Waals surface area contributed by atoms with Gasteiger partial charge in [-0.05, 0) is 34.3 Å². The van der Waals surface area contributed by atoms with E-state index in [1.807, 2.05) is 6.26 Å². The third-order valence-electron chi connectivity index (χ3n) is 2.44. The van der Waals surface area contributed by atoms with Gasteiger partial charge in [0.05, 0.1) is 10.0 Å². The van der Waals surface area contributed by atoms with Crippen LogP contribution in [0.2, 0.25) is 10.0 Å². The molecule has 9 heteroatoms. The van der Waals surface area contributed by atoms with Crippen molar-refractivity contribution in [3.8, 4) is 11.4 Å². The van der Waals surface area contributed by atoms with Crippen LogP contribution in [0.5, 0.6) is 0 Å². The Kier molecular flexibility index (Phi) is 4.63. The first-order valence-electron chi connectivity index (χ1n) is 5.10. The molecule has 20 heavy (non-hydrogen) atoms. The van der Waals surface area contributed by atoms with Gasteiger partial charge in [-0.25, -0.2) is 4.98 Å². The lowest BCUT2D eigenvalue weighted by Gasteiger charge is -2.06. The van der Waals surface area contributed by atoms with Crippen molar-refractivity contribution in [3.63, 3.8) is 0 Å². The molecule has 0 unspecified atom stereocenters. The van der Waals surface area contributed by atoms with E-state index in [1.54, 1.807) is 6.07 Å². The lowest BCUT2D eigenvalue weighted by molar-refractivity contribution is -0.141. The Morgan fingerprint density at radius 1 is 1.25 bits per heavy atom. The molecule has 0 aliphatic carbocycles. The molecule has 0 bridgehead atoms. The van der Waals surface area contributed by atoms with Gasteiger partial charge in [0.1, 0.15) is 10.4 Å². The molecule has 2 rings (SSSR count). The number of H-pyrrole nitrogens is 1. The molecule has 0 fully saturated rings. The molecule has 0 aliphatic heterocycles. The first-order valence-corrected chi connectivity index (χ1v) is 7.87. The van der Waals surface area contributed by atoms with Gasteiger partial charge < -0.3 is 4.98 Å². The minimum Gasteiger partial charge on any atom is -0.333 e. The number of halogens is 6. The van der Waals surface area contributed by atoms with Crippen molar-refractivity contribution in [1.29, 1.82) is 0 Å². The van der Waals surface area contributed by atoms with Gasteiger partial charge in [0.2, 0.25) is 0 Å². The normalized spacial score (nSPS) is 11.9. The molecular weight excluding hydrogens is 400 g/mol. The standard InChI is InChI=1S/C11H6BrCl2F3N2S/c1-20-7-3-5(13)4(2-6(7)14)10-18-8(9(12)19-10)11(15,16)17/h2-3H,1H3,(H,18,19). The van der Waals surface area contributed by atoms with E-state index in [0.717, 1.165) is 4.90 Å². The molecule has 0 amide bonds. The smallest absolute Gasteiger partial charge is 0.333 e. The topological polar surface area (TPSA) is 28.7 Å². The lowest BCUT2D eigenvalue weighted by Crippen LogP contribution is -2.06. The second-order valence-corrected chi connectivity index (χ2v) is 6.13. The SMILES string of the molecule is CSc1cc(Cl)c(-c2nc(Br)c(C(F)(F)F)[nH]2)cc1Cl. The number of alkyl halides is 3. The van der Waals surface area contributed by atoms with E-state index in [4.69, 9.17) is 23.2 Å². The number of hydrogen-bond donors (Lipinski definition) is 1. The number of nitrogens with zero attached hydrogens (tertiary/aromatic N) is 1. The summed E-state index contributed by atoms with van der Waals surface area (Å²) < 4.78 is 37.8. The molecule has 0 saturated heterocycles. The first kappa shape index (κ1) is 16.0. The van der Waals surface area contributed by atoms with Crippen LogP contribution in [0, 0.1) is 0 Å². The van der Waals surface area contributed by atoms with Crippen LogP contribution in [-0.2, 0) is 6.18 Å². The van der Waals surface area contributed by atoms with Gasteiger partial charge in [0, 0.05) is 10.5 Å². The highest BCUT2D eigenvalue weighted by Crippen LogP contribution is 2.39. The van der Waals surface area contributed by atoms with Crippen LogP contribution in [0.25, 0.3) is 11.4 Å². The van der Waals surface area contributed by atoms with Crippen LogP contribution in [0.3, 0.4) is 0 Å². The molecule has 0 radical (unpaired) electrons. The molecule has 0 saturated carbocycles. The largest absolute Gasteiger partial charge is 0.433 e. The molecule has 0 atom stereocenters. The zero-order valence-corrected chi connectivity index (χ0v) is 13.7. The average Bonchev–Trinajstić information content (AvgIpc) is 2.73. The zero-order chi connectivity index (χ0) is 15.1. The summed E-state index contributed by atoms with van der Waals surface area (Å²) in [7, 11) is 0. The van der Waals surface area contributed by atoms with Crippen molar-refractivity contribution in [3.05, 3.63) is 32.5 Å². The minimum atomic E-state index is -4.53. The molecule has 1 N–H and O–H groups in total. The van der Waals surface area contributed by atoms with E-state index >= 15 is 0 Å². The molecule has 108 valence electrons. The average molecular weight is 406 g/mol. The van der Waals surface area contributed by atoms with Crippen LogP contribution in [0.4, 0.5) is 13.2 Å². The van der Waals surface area contributed by atoms with Gasteiger partial charge in [-0.3, -0.25) is 0 Å². The Bertz CT molecular complexity index is 658. The second-order valence-electron chi connectivity index (χ2n) is 3.72. The number of benzene rings is 1. The Morgan fingerprint density at radius 2 is 1.90 bits per heavy atom. The van der Waals surface area contributed by atoms with Gasteiger partial charge in [-0.1, -0.05) is 23.2 Å². The summed E-state index contributed by atoms with van der Waals surface area (Å²) in [4.78, 5) is 6.74. The predicted octanol–water partition coefficient (Wildman–Crippen LogP) is 5.89. The number of thioether (sulfide) groups is 1. The number of aromatic amines is 1. The van der Waals surface area contributed by atoms with E-state index in [1.165, 1.54) is 17.8 Å². The summed E-state index contributed by atoms with van der Waals surface area (Å²) in [5.41, 5.74) is -0.653. The predicted molar refractivity (Wildman–Crippen MR) is 78.5 cm³/mol. The first-order chi connectivity index (χ1) is 9.24. The fourth-order valence-corrected chi connectivity index (χ4v) is 3.24. The maximum atomic E-state index is 12.7. The third-order valence-corrected chi connectivity index (χ3v) is 4.53. The molecular formula is C11H6BrCl2F3N2S. The second kappa shape index (κ2) is 5.79. The molecule has 0 spiro atoms. The summed E-state index contributed by atoms with van der Waals surface area (Å²) >= 11 is 16.3. The summed E-state index contributed by atoms with van der Waals surface area (Å²) in [5, 5.41) is 0.673. The molecule has 0 aliphatic rings. The van der Waals surface area contributed by atoms with Gasteiger partial charge >= 0.3 is 6.18 Å². The quantitative estimate of drug-likeness (QED) is 0.631. The van der Waals surface area contributed by atoms with Gasteiger partial charge in [0.25, 0.3) is 0 Å². The summed E-state index contributed by atoms with van der Waals surface area (Å²) in [6, 6.07) is 3.08. The molecule has 2 nitrogen and oxygen atoms in total. The van der Waals surface area contributed by atoms with Crippen molar-refractivity contribution < 1.29 is 13.2 Å². The number of hydrogen-bond acceptors (Lipinski definition) is 2. The van der Waals surface area contributed by atoms with E-state index < -0.39 is 11.9 Å². The van der Waals surface area contributed by atoms with E-state index in [-0.39, 0.29) is 15.5 Å². The van der Waals surface area contributed by atoms with Crippen LogP contribution >= 0.6 is 50.9 Å². The highest BCUT2D eigenvalue weighted by Gasteiger charge is 2.36. The van der Waals surface area contributed by atoms with Gasteiger partial charge in [-0.2, -0.15) is 13.2 Å². The molecule has 1 aromatic carbocycles. The molecule has 1 heterocycles. The third kappa shape index (κ3) is 3.10. The maximum Gasteiger partial charge on any atom is 0.433 e. The van der Waals surface area contributed by atoms with Crippen LogP contribution < -0.4 is 0 Å². The Balaban J connectivity index is 2.55. The minimum absolute atomic E-state index is 0.00348. The molecule has 2 aromatic rings. The summed E-state index contributed by atoms with van der Waals surface area (Å²) in [5.74, 6) is 0.00348. The van der Waals surface area contributed by atoms with Gasteiger partial charge in [0.15, 0.2) is 5.69 Å². The maximum absolute atomic E-state index is 12.7. The fraction of sp³-hybridized carbons (Fsp3) is 0.182. The molecule has 1 aromatic heterocycles. The highest BCUT2D eigenvalue weighted by molar-refractivity contribution is 9.10. The van der Waals surface area contributed by atoms with Crippen molar-refractivity contribution in [2.45, 2.75) is 11.1 Å². The Morgan fingerprint density at radius 3 is 2.40 bits per heavy atom. The van der Waals surface area contributed by atoms with Crippen LogP contribution in [0.1, 0.15) is 5.69 Å². The van der Waals surface area contributed by atoms with E-state index in [0.29, 0.717) is 10.6 Å². The number of rotatable bonds is 2. The summed E-state index contributed by atoms with van der Waals surface area (Å²) in [6.45, 7) is 0. The number of imidazole rings is 1. The lowest BCUT2D eigenvalue weighted by atomic mass is 10.2. The summed E-state index contributed by atoms with van der Waals surface area (Å²) in [6.07, 6.45) is -2.71. The number of aromatic nitrogens is 2. The fourth-order valence-electron chi connectivity index (χ4n) is 1.53. The van der Waals surface area contributed by atoms with Crippen molar-refractivity contribution in [1.82, 2.24) is 9.97 Å². The van der Waals surface area contributed by atoms with E-state index in [2.05, 4.69) is 25.9 Å². The van der Waals surface area contributed by atoms with Crippen molar-refractivity contribution in [2.75, 3.05) is 6.26 Å². The van der Waals surface area contributed by atoms with Crippen molar-refractivity contribution in [2.24, 2.45) is 0 Å². The zero-order valence-electron chi connectivity index (χ0n) is 9.78. The van der Waals surface area contributed by atoms with Crippen LogP contribution in [-0.4, -0.2) is 16.2 Å². The monoisotopic (exact) mass is 404 g/mol. The van der Waals surface area contributed by atoms with Crippen LogP contribution in [0.15, 0.2) is 21.6 Å². The Hall–Kier alpha value is -0.370. The highest BCUT2D eigenvalue weighted by atomic mass is 79.9. The van der Waals surface area contributed by atoms with E-state index in [9.17, 15) is 13.2 Å². The van der Waals surface area contributed by atoms with Crippen molar-refractivity contribution >= 4 is 50.9 Å². The number of nitrogens with one attached hydrogen (secondary N) is 1.